The van der Waals surface area contributed by atoms with Crippen molar-refractivity contribution in [1.29, 1.82) is 5.26 Å². The Labute approximate surface area is 171 Å². The smallest absolute Gasteiger partial charge is 0.158 e. The molecule has 1 atom stereocenters. The van der Waals surface area contributed by atoms with E-state index >= 15 is 0 Å². The van der Waals surface area contributed by atoms with Gasteiger partial charge in [0.15, 0.2) is 5.15 Å². The Morgan fingerprint density at radius 3 is 2.86 bits per heavy atom. The first kappa shape index (κ1) is 17.4. The highest BCUT2D eigenvalue weighted by Gasteiger charge is 2.18. The Balaban J connectivity index is 1.77. The van der Waals surface area contributed by atoms with Crippen LogP contribution >= 0.6 is 11.6 Å². The molecule has 0 saturated heterocycles. The number of rotatable bonds is 2. The molecule has 0 spiro atoms. The van der Waals surface area contributed by atoms with Gasteiger partial charge in [-0.15, -0.1) is 0 Å². The molecule has 0 radical (unpaired) electrons. The number of nitrogens with one attached hydrogen (secondary N) is 2. The van der Waals surface area contributed by atoms with Gasteiger partial charge in [-0.1, -0.05) is 35.9 Å². The molecule has 3 N–H and O–H groups in total. The van der Waals surface area contributed by atoms with Crippen molar-refractivity contribution in [1.82, 2.24) is 15.2 Å². The van der Waals surface area contributed by atoms with Gasteiger partial charge in [0.25, 0.3) is 0 Å². The monoisotopic (exact) mass is 399 g/mol. The van der Waals surface area contributed by atoms with E-state index in [1.54, 1.807) is 18.2 Å². The molecule has 1 unspecified atom stereocenters. The van der Waals surface area contributed by atoms with Crippen molar-refractivity contribution in [2.45, 2.75) is 6.23 Å². The van der Waals surface area contributed by atoms with Gasteiger partial charge in [0.05, 0.1) is 22.8 Å². The van der Waals surface area contributed by atoms with Crippen LogP contribution in [0.15, 0.2) is 54.6 Å². The highest BCUT2D eigenvalue weighted by atomic mass is 35.5. The predicted octanol–water partition coefficient (Wildman–Crippen LogP) is 4.57. The van der Waals surface area contributed by atoms with E-state index in [1.807, 2.05) is 42.5 Å². The van der Waals surface area contributed by atoms with E-state index in [-0.39, 0.29) is 0 Å². The van der Waals surface area contributed by atoms with Crippen molar-refractivity contribution in [3.8, 4) is 28.5 Å². The number of halogens is 1. The minimum atomic E-state index is -0.791. The average molecular weight is 400 g/mol. The lowest BCUT2D eigenvalue weighted by Gasteiger charge is -2.20. The third kappa shape index (κ3) is 3.03. The van der Waals surface area contributed by atoms with Crippen LogP contribution in [0.5, 0.6) is 0 Å². The Kier molecular flexibility index (Phi) is 4.06. The fourth-order valence-corrected chi connectivity index (χ4v) is 3.68. The second-order valence-corrected chi connectivity index (χ2v) is 7.10. The molecule has 0 bridgehead atoms. The fourth-order valence-electron chi connectivity index (χ4n) is 3.48. The highest BCUT2D eigenvalue weighted by molar-refractivity contribution is 6.34. The summed E-state index contributed by atoms with van der Waals surface area (Å²) in [6.07, 6.45) is 2.71. The van der Waals surface area contributed by atoms with Gasteiger partial charge in [-0.25, -0.2) is 4.98 Å². The van der Waals surface area contributed by atoms with Crippen molar-refractivity contribution in [2.24, 2.45) is 0 Å². The molecule has 1 aliphatic rings. The van der Waals surface area contributed by atoms with Gasteiger partial charge in [-0.3, -0.25) is 5.10 Å². The summed E-state index contributed by atoms with van der Waals surface area (Å²) in [5, 5.41) is 30.4. The zero-order chi connectivity index (χ0) is 20.0. The first-order valence-corrected chi connectivity index (χ1v) is 9.32. The lowest BCUT2D eigenvalue weighted by Crippen LogP contribution is -2.20. The maximum atomic E-state index is 9.91. The largest absolute Gasteiger partial charge is 0.370 e. The van der Waals surface area contributed by atoms with Crippen molar-refractivity contribution in [2.75, 3.05) is 5.32 Å². The third-order valence-corrected chi connectivity index (χ3v) is 5.18. The lowest BCUT2D eigenvalue weighted by molar-refractivity contribution is 0.251. The van der Waals surface area contributed by atoms with Crippen molar-refractivity contribution >= 4 is 34.4 Å². The van der Waals surface area contributed by atoms with Crippen LogP contribution < -0.4 is 5.32 Å². The van der Waals surface area contributed by atoms with Crippen LogP contribution in [0.3, 0.4) is 0 Å². The molecule has 7 heteroatoms. The molecule has 140 valence electrons. The van der Waals surface area contributed by atoms with Gasteiger partial charge in [0.2, 0.25) is 0 Å². The number of hydrogen-bond acceptors (Lipinski definition) is 5. The molecule has 6 nitrogen and oxygen atoms in total. The number of aliphatic hydroxyl groups excluding tert-OH is 1. The van der Waals surface area contributed by atoms with Gasteiger partial charge in [-0.2, -0.15) is 10.4 Å². The zero-order valence-electron chi connectivity index (χ0n) is 15.0. The minimum absolute atomic E-state index is 0.408. The van der Waals surface area contributed by atoms with Crippen LogP contribution in [0.25, 0.3) is 39.4 Å². The van der Waals surface area contributed by atoms with Crippen molar-refractivity contribution in [3.05, 3.63) is 70.9 Å². The number of anilines is 1. The van der Waals surface area contributed by atoms with Crippen LogP contribution in [0.4, 0.5) is 5.82 Å². The first-order valence-electron chi connectivity index (χ1n) is 8.95. The quantitative estimate of drug-likeness (QED) is 0.458. The predicted molar refractivity (Wildman–Crippen MR) is 113 cm³/mol. The van der Waals surface area contributed by atoms with E-state index in [0.29, 0.717) is 22.2 Å². The topological polar surface area (TPSA) is 97.6 Å². The van der Waals surface area contributed by atoms with E-state index in [2.05, 4.69) is 21.6 Å². The third-order valence-electron chi connectivity index (χ3n) is 4.89. The van der Waals surface area contributed by atoms with Crippen LogP contribution in [0.2, 0.25) is 5.15 Å². The number of hydrogen-bond donors (Lipinski definition) is 3. The van der Waals surface area contributed by atoms with Crippen LogP contribution in [-0.4, -0.2) is 26.5 Å². The molecular weight excluding hydrogens is 386 g/mol. The summed E-state index contributed by atoms with van der Waals surface area (Å²) < 4.78 is 0. The van der Waals surface area contributed by atoms with Crippen LogP contribution in [0, 0.1) is 11.3 Å². The lowest BCUT2D eigenvalue weighted by atomic mass is 9.95. The Morgan fingerprint density at radius 2 is 2.00 bits per heavy atom. The standard InChI is InChI=1S/C22H14ClN5O/c23-21-17-9-13(4-6-18(17)27-28-21)16-10-15-5-7-19(29)25-22(15)26-20(16)14-3-1-2-12(8-14)11-24/h1-10,19,29H,(H,25,26)(H,27,28). The summed E-state index contributed by atoms with van der Waals surface area (Å²) in [5.41, 5.74) is 5.59. The summed E-state index contributed by atoms with van der Waals surface area (Å²) in [5.74, 6) is 0.587. The molecule has 0 aliphatic carbocycles. The first-order chi connectivity index (χ1) is 14.1. The molecule has 2 aromatic heterocycles. The molecular formula is C22H14ClN5O. The molecule has 0 saturated carbocycles. The summed E-state index contributed by atoms with van der Waals surface area (Å²) in [6.45, 7) is 0. The summed E-state index contributed by atoms with van der Waals surface area (Å²) in [7, 11) is 0. The molecule has 1 aliphatic heterocycles. The summed E-state index contributed by atoms with van der Waals surface area (Å²) in [6, 6.07) is 17.4. The second-order valence-electron chi connectivity index (χ2n) is 6.74. The van der Waals surface area contributed by atoms with E-state index in [0.717, 1.165) is 33.2 Å². The number of aliphatic hydroxyl groups is 1. The molecule has 3 heterocycles. The van der Waals surface area contributed by atoms with Crippen molar-refractivity contribution in [3.63, 3.8) is 0 Å². The average Bonchev–Trinajstić information content (AvgIpc) is 3.13. The van der Waals surface area contributed by atoms with Gasteiger partial charge >= 0.3 is 0 Å². The zero-order valence-corrected chi connectivity index (χ0v) is 15.8. The maximum absolute atomic E-state index is 9.91. The Bertz CT molecular complexity index is 1340. The minimum Gasteiger partial charge on any atom is -0.370 e. The number of nitrogens with zero attached hydrogens (tertiary/aromatic N) is 3. The number of fused-ring (bicyclic) bond motifs is 2. The molecule has 2 aromatic carbocycles. The van der Waals surface area contributed by atoms with Gasteiger partial charge in [-0.05, 0) is 42.0 Å². The Morgan fingerprint density at radius 1 is 1.10 bits per heavy atom. The van der Waals surface area contributed by atoms with Crippen molar-refractivity contribution < 1.29 is 5.11 Å². The number of aromatic amines is 1. The van der Waals surface area contributed by atoms with Gasteiger partial charge < -0.3 is 10.4 Å². The number of nitriles is 1. The molecule has 0 fully saturated rings. The molecule has 29 heavy (non-hydrogen) atoms. The van der Waals surface area contributed by atoms with E-state index in [4.69, 9.17) is 16.6 Å². The number of benzene rings is 2. The number of pyridine rings is 1. The van der Waals surface area contributed by atoms with Crippen LogP contribution in [-0.2, 0) is 0 Å². The summed E-state index contributed by atoms with van der Waals surface area (Å²) in [4.78, 5) is 4.79. The van der Waals surface area contributed by atoms with E-state index < -0.39 is 6.23 Å². The van der Waals surface area contributed by atoms with Gasteiger partial charge in [0, 0.05) is 22.1 Å². The van der Waals surface area contributed by atoms with E-state index in [1.165, 1.54) is 0 Å². The fraction of sp³-hybridized carbons (Fsp3) is 0.0455. The second kappa shape index (κ2) is 6.74. The Hall–Kier alpha value is -3.66. The van der Waals surface area contributed by atoms with Crippen LogP contribution in [0.1, 0.15) is 11.1 Å². The van der Waals surface area contributed by atoms with E-state index in [9.17, 15) is 10.4 Å². The van der Waals surface area contributed by atoms with Gasteiger partial charge in [0.1, 0.15) is 12.0 Å². The molecule has 0 amide bonds. The SMILES string of the molecule is N#Cc1cccc(-c2nc3c(cc2-c2ccc4[nH]nc(Cl)c4c2)C=CC(O)N3)c1. The molecule has 4 aromatic rings. The number of aromatic nitrogens is 3. The normalized spacial score (nSPS) is 15.0. The molecule has 5 rings (SSSR count). The maximum Gasteiger partial charge on any atom is 0.158 e. The summed E-state index contributed by atoms with van der Waals surface area (Å²) >= 11 is 6.22. The highest BCUT2D eigenvalue weighted by Crippen LogP contribution is 2.37. The number of H-pyrrole nitrogens is 1.